The molecule has 0 saturated carbocycles. The van der Waals surface area contributed by atoms with Crippen LogP contribution in [0.25, 0.3) is 10.8 Å². The third-order valence-electron chi connectivity index (χ3n) is 3.94. The Bertz CT molecular complexity index is 956. The minimum absolute atomic E-state index is 0.0580. The molecule has 0 aliphatic rings. The summed E-state index contributed by atoms with van der Waals surface area (Å²) in [6.07, 6.45) is 0. The summed E-state index contributed by atoms with van der Waals surface area (Å²) < 4.78 is 5.12. The average Bonchev–Trinajstić information content (AvgIpc) is 2.70. The molecule has 1 amide bonds. The first kappa shape index (κ1) is 18.4. The summed E-state index contributed by atoms with van der Waals surface area (Å²) in [4.78, 5) is 24.4. The lowest BCUT2D eigenvalue weighted by molar-refractivity contribution is -0.119. The van der Waals surface area contributed by atoms with Gasteiger partial charge in [0.25, 0.3) is 5.91 Å². The Balaban J connectivity index is 1.59. The van der Waals surface area contributed by atoms with E-state index in [2.05, 4.69) is 10.6 Å². The molecule has 27 heavy (non-hydrogen) atoms. The van der Waals surface area contributed by atoms with Crippen LogP contribution in [-0.4, -0.2) is 36.7 Å². The van der Waals surface area contributed by atoms with Crippen LogP contribution in [0.2, 0.25) is 0 Å². The highest BCUT2D eigenvalue weighted by atomic mass is 16.5. The Morgan fingerprint density at radius 2 is 1.67 bits per heavy atom. The molecule has 6 nitrogen and oxygen atoms in total. The second kappa shape index (κ2) is 8.82. The topological polar surface area (TPSA) is 87.7 Å². The number of fused-ring (bicyclic) bond motifs is 1. The fraction of sp³-hybridized carbons (Fsp3) is 0.143. The molecule has 0 unspecified atom stereocenters. The molecule has 0 fully saturated rings. The molecule has 0 saturated heterocycles. The minimum atomic E-state index is -0.607. The number of esters is 1. The molecule has 0 aliphatic heterocycles. The molecule has 0 heterocycles. The highest BCUT2D eigenvalue weighted by Crippen LogP contribution is 2.19. The lowest BCUT2D eigenvalue weighted by Gasteiger charge is -2.11. The summed E-state index contributed by atoms with van der Waals surface area (Å²) in [5.41, 5.74) is 1.50. The number of nitrogens with one attached hydrogen (secondary N) is 2. The number of hydrogen-bond donors (Lipinski definition) is 3. The standard InChI is InChI=1S/C21H20N2O4/c24-12-11-22-19-8-4-3-7-18(19)21(26)27-14-20(25)23-17-10-9-15-5-1-2-6-16(15)13-17/h1-10,13,22,24H,11-12,14H2,(H,23,25). The van der Waals surface area contributed by atoms with Gasteiger partial charge in [-0.2, -0.15) is 0 Å². The number of ether oxygens (including phenoxy) is 1. The number of carbonyl (C=O) groups excluding carboxylic acids is 2. The predicted molar refractivity (Wildman–Crippen MR) is 105 cm³/mol. The van der Waals surface area contributed by atoms with Crippen LogP contribution in [0.5, 0.6) is 0 Å². The van der Waals surface area contributed by atoms with Crippen molar-refractivity contribution in [3.63, 3.8) is 0 Å². The first-order valence-corrected chi connectivity index (χ1v) is 8.57. The zero-order valence-corrected chi connectivity index (χ0v) is 14.6. The van der Waals surface area contributed by atoms with Gasteiger partial charge in [-0.25, -0.2) is 4.79 Å². The Morgan fingerprint density at radius 3 is 2.48 bits per heavy atom. The number of amides is 1. The fourth-order valence-corrected chi connectivity index (χ4v) is 2.68. The van der Waals surface area contributed by atoms with E-state index in [-0.39, 0.29) is 13.2 Å². The Labute approximate surface area is 156 Å². The largest absolute Gasteiger partial charge is 0.452 e. The molecule has 3 N–H and O–H groups in total. The highest BCUT2D eigenvalue weighted by molar-refractivity contribution is 5.99. The Kier molecular flexibility index (Phi) is 6.02. The van der Waals surface area contributed by atoms with Crippen LogP contribution in [0, 0.1) is 0 Å². The van der Waals surface area contributed by atoms with E-state index in [0.29, 0.717) is 23.5 Å². The second-order valence-corrected chi connectivity index (χ2v) is 5.88. The molecule has 6 heteroatoms. The van der Waals surface area contributed by atoms with Gasteiger partial charge < -0.3 is 20.5 Å². The molecule has 0 spiro atoms. The molecule has 0 bridgehead atoms. The van der Waals surface area contributed by atoms with Crippen molar-refractivity contribution in [1.82, 2.24) is 0 Å². The van der Waals surface area contributed by atoms with Crippen molar-refractivity contribution in [2.75, 3.05) is 30.4 Å². The SMILES string of the molecule is O=C(COC(=O)c1ccccc1NCCO)Nc1ccc2ccccc2c1. The molecule has 0 aromatic heterocycles. The van der Waals surface area contributed by atoms with Gasteiger partial charge in [-0.1, -0.05) is 42.5 Å². The highest BCUT2D eigenvalue weighted by Gasteiger charge is 2.14. The minimum Gasteiger partial charge on any atom is -0.452 e. The first-order chi connectivity index (χ1) is 13.2. The van der Waals surface area contributed by atoms with E-state index < -0.39 is 11.9 Å². The van der Waals surface area contributed by atoms with E-state index in [0.717, 1.165) is 10.8 Å². The van der Waals surface area contributed by atoms with Crippen molar-refractivity contribution in [2.45, 2.75) is 0 Å². The Morgan fingerprint density at radius 1 is 0.926 bits per heavy atom. The molecule has 138 valence electrons. The van der Waals surface area contributed by atoms with Crippen molar-refractivity contribution in [3.05, 3.63) is 72.3 Å². The van der Waals surface area contributed by atoms with Gasteiger partial charge in [0.05, 0.1) is 12.2 Å². The lowest BCUT2D eigenvalue weighted by Crippen LogP contribution is -2.21. The van der Waals surface area contributed by atoms with Gasteiger partial charge in [-0.15, -0.1) is 0 Å². The number of benzene rings is 3. The molecule has 3 aromatic rings. The third-order valence-corrected chi connectivity index (χ3v) is 3.94. The zero-order chi connectivity index (χ0) is 19.1. The third kappa shape index (κ3) is 4.83. The van der Waals surface area contributed by atoms with E-state index in [1.807, 2.05) is 36.4 Å². The summed E-state index contributed by atoms with van der Waals surface area (Å²) in [6, 6.07) is 20.2. The number of aliphatic hydroxyl groups is 1. The normalized spacial score (nSPS) is 10.4. The summed E-state index contributed by atoms with van der Waals surface area (Å²) >= 11 is 0. The number of aliphatic hydroxyl groups excluding tert-OH is 1. The van der Waals surface area contributed by atoms with Crippen molar-refractivity contribution >= 4 is 34.0 Å². The van der Waals surface area contributed by atoms with Crippen LogP contribution in [-0.2, 0) is 9.53 Å². The maximum Gasteiger partial charge on any atom is 0.340 e. The molecule has 0 atom stereocenters. The molecule has 0 aliphatic carbocycles. The van der Waals surface area contributed by atoms with Crippen molar-refractivity contribution in [1.29, 1.82) is 0 Å². The van der Waals surface area contributed by atoms with Crippen molar-refractivity contribution in [3.8, 4) is 0 Å². The number of rotatable bonds is 7. The van der Waals surface area contributed by atoms with Crippen molar-refractivity contribution in [2.24, 2.45) is 0 Å². The van der Waals surface area contributed by atoms with E-state index in [1.165, 1.54) is 0 Å². The van der Waals surface area contributed by atoms with E-state index in [4.69, 9.17) is 9.84 Å². The summed E-state index contributed by atoms with van der Waals surface area (Å²) in [5, 5.41) is 16.7. The quantitative estimate of drug-likeness (QED) is 0.561. The molecular formula is C21H20N2O4. The average molecular weight is 364 g/mol. The van der Waals surface area contributed by atoms with E-state index >= 15 is 0 Å². The lowest BCUT2D eigenvalue weighted by atomic mass is 10.1. The van der Waals surface area contributed by atoms with Crippen LogP contribution in [0.15, 0.2) is 66.7 Å². The zero-order valence-electron chi connectivity index (χ0n) is 14.6. The van der Waals surface area contributed by atoms with Crippen molar-refractivity contribution < 1.29 is 19.4 Å². The summed E-state index contributed by atoms with van der Waals surface area (Å²) in [5.74, 6) is -1.02. The first-order valence-electron chi connectivity index (χ1n) is 8.57. The van der Waals surface area contributed by atoms with Gasteiger partial charge in [-0.05, 0) is 35.0 Å². The fourth-order valence-electron chi connectivity index (χ4n) is 2.68. The van der Waals surface area contributed by atoms with Gasteiger partial charge in [0.2, 0.25) is 0 Å². The van der Waals surface area contributed by atoms with Crippen LogP contribution in [0.1, 0.15) is 10.4 Å². The molecule has 3 aromatic carbocycles. The molecule has 3 rings (SSSR count). The molecule has 0 radical (unpaired) electrons. The molecular weight excluding hydrogens is 344 g/mol. The maximum absolute atomic E-state index is 12.3. The van der Waals surface area contributed by atoms with Crippen LogP contribution >= 0.6 is 0 Å². The smallest absolute Gasteiger partial charge is 0.340 e. The predicted octanol–water partition coefficient (Wildman–Crippen LogP) is 3.04. The maximum atomic E-state index is 12.3. The van der Waals surface area contributed by atoms with Gasteiger partial charge >= 0.3 is 5.97 Å². The number of para-hydroxylation sites is 1. The monoisotopic (exact) mass is 364 g/mol. The van der Waals surface area contributed by atoms with Gasteiger partial charge in [0, 0.05) is 17.9 Å². The number of carbonyl (C=O) groups is 2. The summed E-state index contributed by atoms with van der Waals surface area (Å²) in [7, 11) is 0. The number of hydrogen-bond acceptors (Lipinski definition) is 5. The van der Waals surface area contributed by atoms with Crippen LogP contribution < -0.4 is 10.6 Å². The van der Waals surface area contributed by atoms with Crippen LogP contribution in [0.3, 0.4) is 0 Å². The second-order valence-electron chi connectivity index (χ2n) is 5.88. The van der Waals surface area contributed by atoms with Gasteiger partial charge in [0.15, 0.2) is 6.61 Å². The van der Waals surface area contributed by atoms with E-state index in [1.54, 1.807) is 30.3 Å². The van der Waals surface area contributed by atoms with E-state index in [9.17, 15) is 9.59 Å². The Hall–Kier alpha value is -3.38. The van der Waals surface area contributed by atoms with Gasteiger partial charge in [-0.3, -0.25) is 4.79 Å². The summed E-state index contributed by atoms with van der Waals surface area (Å²) in [6.45, 7) is -0.135. The van der Waals surface area contributed by atoms with Gasteiger partial charge in [0.1, 0.15) is 0 Å². The number of anilines is 2. The van der Waals surface area contributed by atoms with Crippen LogP contribution in [0.4, 0.5) is 11.4 Å².